The van der Waals surface area contributed by atoms with Gasteiger partial charge in [-0.25, -0.2) is 4.79 Å². The van der Waals surface area contributed by atoms with Crippen molar-refractivity contribution in [1.29, 1.82) is 0 Å². The molecule has 1 aromatic rings. The molecule has 1 unspecified atom stereocenters. The van der Waals surface area contributed by atoms with E-state index < -0.39 is 29.7 Å². The first kappa shape index (κ1) is 17.2. The van der Waals surface area contributed by atoms with Gasteiger partial charge in [0.15, 0.2) is 0 Å². The van der Waals surface area contributed by atoms with E-state index in [1.807, 2.05) is 0 Å². The molecule has 4 N–H and O–H groups in total. The number of benzene rings is 1. The minimum atomic E-state index is -4.49. The Morgan fingerprint density at radius 3 is 2.48 bits per heavy atom. The quantitative estimate of drug-likeness (QED) is 0.569. The number of carboxylic acids is 1. The largest absolute Gasteiger partial charge is 0.480 e. The third kappa shape index (κ3) is 5.18. The summed E-state index contributed by atoms with van der Waals surface area (Å²) in [5.41, 5.74) is 4.56. The zero-order valence-electron chi connectivity index (χ0n) is 10.9. The van der Waals surface area contributed by atoms with Crippen LogP contribution in [0.1, 0.15) is 12.5 Å². The van der Waals surface area contributed by atoms with E-state index in [0.717, 1.165) is 23.9 Å². The van der Waals surface area contributed by atoms with Gasteiger partial charge in [-0.15, -0.1) is 11.8 Å². The van der Waals surface area contributed by atoms with Crippen molar-refractivity contribution in [3.8, 4) is 0 Å². The number of amides is 1. The van der Waals surface area contributed by atoms with E-state index in [1.165, 1.54) is 13.0 Å². The number of carbonyl (C=O) groups excluding carboxylic acids is 1. The van der Waals surface area contributed by atoms with Crippen molar-refractivity contribution < 1.29 is 27.9 Å². The van der Waals surface area contributed by atoms with Crippen molar-refractivity contribution in [1.82, 2.24) is 5.32 Å². The summed E-state index contributed by atoms with van der Waals surface area (Å²) in [7, 11) is 0. The molecular formula is C12H13F3N2O3S. The molecule has 0 radical (unpaired) electrons. The predicted octanol–water partition coefficient (Wildman–Crippen LogP) is 1.97. The van der Waals surface area contributed by atoms with Gasteiger partial charge in [0.05, 0.1) is 5.56 Å². The van der Waals surface area contributed by atoms with Gasteiger partial charge in [0.2, 0.25) is 5.91 Å². The Labute approximate surface area is 122 Å². The third-order valence-corrected chi connectivity index (χ3v) is 3.60. The van der Waals surface area contributed by atoms with Crippen molar-refractivity contribution in [3.05, 3.63) is 23.8 Å². The van der Waals surface area contributed by atoms with Crippen LogP contribution in [0.4, 0.5) is 18.9 Å². The number of anilines is 1. The molecule has 0 saturated carbocycles. The van der Waals surface area contributed by atoms with Crippen LogP contribution in [0, 0.1) is 0 Å². The van der Waals surface area contributed by atoms with Gasteiger partial charge in [0.1, 0.15) is 6.04 Å². The minimum Gasteiger partial charge on any atom is -0.480 e. The highest BCUT2D eigenvalue weighted by molar-refractivity contribution is 7.99. The molecule has 0 bridgehead atoms. The average Bonchev–Trinajstić information content (AvgIpc) is 2.33. The summed E-state index contributed by atoms with van der Waals surface area (Å²) in [5.74, 6) is -1.80. The predicted molar refractivity (Wildman–Crippen MR) is 71.8 cm³/mol. The molecule has 9 heteroatoms. The Morgan fingerprint density at radius 2 is 2.05 bits per heavy atom. The summed E-state index contributed by atoms with van der Waals surface area (Å²) in [4.78, 5) is 22.1. The molecule has 5 nitrogen and oxygen atoms in total. The van der Waals surface area contributed by atoms with Gasteiger partial charge in [-0.3, -0.25) is 4.79 Å². The fraction of sp³-hybridized carbons (Fsp3) is 0.333. The first-order valence-corrected chi connectivity index (χ1v) is 6.69. The highest BCUT2D eigenvalue weighted by Gasteiger charge is 2.31. The Bertz CT molecular complexity index is 549. The lowest BCUT2D eigenvalue weighted by atomic mass is 10.2. The molecule has 21 heavy (non-hydrogen) atoms. The summed E-state index contributed by atoms with van der Waals surface area (Å²) in [6.45, 7) is 1.17. The van der Waals surface area contributed by atoms with Gasteiger partial charge in [0, 0.05) is 23.3 Å². The maximum Gasteiger partial charge on any atom is 0.416 e. The number of rotatable bonds is 5. The molecule has 116 valence electrons. The van der Waals surface area contributed by atoms with E-state index in [1.54, 1.807) is 0 Å². The minimum absolute atomic E-state index is 0.0511. The summed E-state index contributed by atoms with van der Waals surface area (Å²) in [6.07, 6.45) is -4.49. The number of alkyl halides is 3. The highest BCUT2D eigenvalue weighted by atomic mass is 32.2. The average molecular weight is 322 g/mol. The van der Waals surface area contributed by atoms with E-state index in [-0.39, 0.29) is 11.4 Å². The van der Waals surface area contributed by atoms with Crippen molar-refractivity contribution in [3.63, 3.8) is 0 Å². The highest BCUT2D eigenvalue weighted by Crippen LogP contribution is 2.34. The normalized spacial score (nSPS) is 12.8. The van der Waals surface area contributed by atoms with Crippen LogP contribution < -0.4 is 11.1 Å². The smallest absolute Gasteiger partial charge is 0.416 e. The monoisotopic (exact) mass is 322 g/mol. The van der Waals surface area contributed by atoms with Gasteiger partial charge in [-0.05, 0) is 18.2 Å². The van der Waals surface area contributed by atoms with Crippen LogP contribution in [0.3, 0.4) is 0 Å². The van der Waals surface area contributed by atoms with Crippen LogP contribution >= 0.6 is 11.8 Å². The summed E-state index contributed by atoms with van der Waals surface area (Å²) in [5, 5.41) is 11.1. The number of carbonyl (C=O) groups is 2. The van der Waals surface area contributed by atoms with E-state index >= 15 is 0 Å². The molecule has 0 aliphatic heterocycles. The number of hydrogen-bond acceptors (Lipinski definition) is 4. The first-order chi connectivity index (χ1) is 9.61. The van der Waals surface area contributed by atoms with Crippen LogP contribution in [-0.2, 0) is 15.8 Å². The lowest BCUT2D eigenvalue weighted by Gasteiger charge is -2.14. The van der Waals surface area contributed by atoms with Crippen LogP contribution in [0.2, 0.25) is 0 Å². The van der Waals surface area contributed by atoms with Crippen molar-refractivity contribution >= 4 is 29.3 Å². The van der Waals surface area contributed by atoms with E-state index in [4.69, 9.17) is 10.8 Å². The zero-order valence-corrected chi connectivity index (χ0v) is 11.7. The molecule has 1 rings (SSSR count). The summed E-state index contributed by atoms with van der Waals surface area (Å²) in [6, 6.07) is 1.69. The summed E-state index contributed by atoms with van der Waals surface area (Å²) >= 11 is 0.957. The fourth-order valence-electron chi connectivity index (χ4n) is 1.45. The molecule has 0 aliphatic carbocycles. The summed E-state index contributed by atoms with van der Waals surface area (Å²) < 4.78 is 37.4. The SMILES string of the molecule is CC(=O)NC(CSc1ccc(C(F)(F)F)cc1N)C(=O)O. The van der Waals surface area contributed by atoms with Crippen molar-refractivity contribution in [2.45, 2.75) is 24.0 Å². The van der Waals surface area contributed by atoms with Gasteiger partial charge < -0.3 is 16.2 Å². The van der Waals surface area contributed by atoms with Gasteiger partial charge >= 0.3 is 12.1 Å². The molecule has 0 spiro atoms. The third-order valence-electron chi connectivity index (χ3n) is 2.42. The number of hydrogen-bond donors (Lipinski definition) is 3. The number of halogens is 3. The number of aliphatic carboxylic acids is 1. The molecule has 1 aromatic carbocycles. The van der Waals surface area contributed by atoms with E-state index in [0.29, 0.717) is 4.90 Å². The molecule has 1 atom stereocenters. The lowest BCUT2D eigenvalue weighted by molar-refractivity contribution is -0.140. The second-order valence-electron chi connectivity index (χ2n) is 4.15. The van der Waals surface area contributed by atoms with Crippen LogP contribution in [-0.4, -0.2) is 28.8 Å². The fourth-order valence-corrected chi connectivity index (χ4v) is 2.41. The van der Waals surface area contributed by atoms with Gasteiger partial charge in [-0.1, -0.05) is 0 Å². The van der Waals surface area contributed by atoms with E-state index in [2.05, 4.69) is 5.32 Å². The van der Waals surface area contributed by atoms with Gasteiger partial charge in [0.25, 0.3) is 0 Å². The van der Waals surface area contributed by atoms with E-state index in [9.17, 15) is 22.8 Å². The number of nitrogen functional groups attached to an aromatic ring is 1. The molecule has 0 heterocycles. The maximum atomic E-state index is 12.5. The number of nitrogens with one attached hydrogen (secondary N) is 1. The van der Waals surface area contributed by atoms with Crippen LogP contribution in [0.5, 0.6) is 0 Å². The molecule has 0 aromatic heterocycles. The molecular weight excluding hydrogens is 309 g/mol. The lowest BCUT2D eigenvalue weighted by Crippen LogP contribution is -2.41. The van der Waals surface area contributed by atoms with Crippen molar-refractivity contribution in [2.75, 3.05) is 11.5 Å². The Morgan fingerprint density at radius 1 is 1.43 bits per heavy atom. The molecule has 1 amide bonds. The number of carboxylic acid groups (broad SMARTS) is 1. The zero-order chi connectivity index (χ0) is 16.2. The second kappa shape index (κ2) is 6.70. The topological polar surface area (TPSA) is 92.4 Å². The maximum absolute atomic E-state index is 12.5. The molecule has 0 aliphatic rings. The first-order valence-electron chi connectivity index (χ1n) is 5.70. The standard InChI is InChI=1S/C12H13F3N2O3S/c1-6(18)17-9(11(19)20)5-21-10-3-2-7(4-8(10)16)12(13,14)15/h2-4,9H,5,16H2,1H3,(H,17,18)(H,19,20). The number of thioether (sulfide) groups is 1. The van der Waals surface area contributed by atoms with Crippen LogP contribution in [0.25, 0.3) is 0 Å². The molecule has 0 fully saturated rings. The van der Waals surface area contributed by atoms with Gasteiger partial charge in [-0.2, -0.15) is 13.2 Å². The Balaban J connectivity index is 2.79. The van der Waals surface area contributed by atoms with Crippen molar-refractivity contribution in [2.24, 2.45) is 0 Å². The number of nitrogens with two attached hydrogens (primary N) is 1. The second-order valence-corrected chi connectivity index (χ2v) is 5.21. The van der Waals surface area contributed by atoms with Crippen LogP contribution in [0.15, 0.2) is 23.1 Å². The Kier molecular flexibility index (Phi) is 5.47. The molecule has 0 saturated heterocycles. The Hall–Kier alpha value is -1.90.